The first kappa shape index (κ1) is 21.7. The van der Waals surface area contributed by atoms with Crippen LogP contribution in [0.2, 0.25) is 0 Å². The summed E-state index contributed by atoms with van der Waals surface area (Å²) in [6.45, 7) is 7.52. The minimum atomic E-state index is -0.222. The van der Waals surface area contributed by atoms with Crippen LogP contribution in [0.1, 0.15) is 37.3 Å². The van der Waals surface area contributed by atoms with Gasteiger partial charge in [-0.2, -0.15) is 0 Å². The van der Waals surface area contributed by atoms with Crippen LogP contribution in [0.5, 0.6) is 11.5 Å². The molecule has 1 saturated heterocycles. The molecule has 25 heavy (non-hydrogen) atoms. The van der Waals surface area contributed by atoms with Gasteiger partial charge in [-0.25, -0.2) is 4.39 Å². The number of unbranched alkanes of at least 4 members (excludes halogenated alkanes) is 2. The Morgan fingerprint density at radius 1 is 1.20 bits per heavy atom. The molecule has 0 spiro atoms. The van der Waals surface area contributed by atoms with Crippen LogP contribution >= 0.6 is 12.4 Å². The van der Waals surface area contributed by atoms with Crippen molar-refractivity contribution >= 4 is 12.4 Å². The van der Waals surface area contributed by atoms with Crippen molar-refractivity contribution in [3.63, 3.8) is 0 Å². The second kappa shape index (κ2) is 11.3. The molecule has 1 aromatic carbocycles. The number of ether oxygens (including phenoxy) is 2. The summed E-state index contributed by atoms with van der Waals surface area (Å²) in [4.78, 5) is 2.37. The van der Waals surface area contributed by atoms with Crippen molar-refractivity contribution in [3.8, 4) is 11.5 Å². The highest BCUT2D eigenvalue weighted by Gasteiger charge is 2.26. The topological polar surface area (TPSA) is 33.7 Å². The Morgan fingerprint density at radius 2 is 1.84 bits per heavy atom. The van der Waals surface area contributed by atoms with Crippen LogP contribution in [0.3, 0.4) is 0 Å². The molecule has 0 amide bonds. The van der Waals surface area contributed by atoms with E-state index >= 15 is 0 Å². The Labute approximate surface area is 156 Å². The van der Waals surface area contributed by atoms with Crippen LogP contribution in [0.25, 0.3) is 0 Å². The van der Waals surface area contributed by atoms with Gasteiger partial charge >= 0.3 is 0 Å². The SMILES string of the molecule is C=CCCCC[C@@H](c1cc(OC)c(OC)cc1F)N1CCNCC1.Cl. The highest BCUT2D eigenvalue weighted by molar-refractivity contribution is 5.85. The zero-order chi connectivity index (χ0) is 17.4. The molecular weight excluding hydrogens is 343 g/mol. The van der Waals surface area contributed by atoms with Crippen molar-refractivity contribution in [2.24, 2.45) is 0 Å². The predicted octanol–water partition coefficient (Wildman–Crippen LogP) is 3.96. The number of hydrogen-bond donors (Lipinski definition) is 1. The van der Waals surface area contributed by atoms with Crippen LogP contribution < -0.4 is 14.8 Å². The van der Waals surface area contributed by atoms with Gasteiger partial charge in [-0.15, -0.1) is 19.0 Å². The van der Waals surface area contributed by atoms with E-state index in [1.165, 1.54) is 13.2 Å². The van der Waals surface area contributed by atoms with Gasteiger partial charge in [0.2, 0.25) is 0 Å². The largest absolute Gasteiger partial charge is 0.493 e. The van der Waals surface area contributed by atoms with E-state index in [0.29, 0.717) is 17.1 Å². The number of rotatable bonds is 9. The van der Waals surface area contributed by atoms with Gasteiger partial charge in [0.1, 0.15) is 5.82 Å². The van der Waals surface area contributed by atoms with Gasteiger partial charge < -0.3 is 14.8 Å². The molecular formula is C19H30ClFN2O2. The summed E-state index contributed by atoms with van der Waals surface area (Å²) in [6.07, 6.45) is 6.01. The molecule has 1 fully saturated rings. The van der Waals surface area contributed by atoms with Gasteiger partial charge in [-0.1, -0.05) is 12.5 Å². The lowest BCUT2D eigenvalue weighted by atomic mass is 9.97. The lowest BCUT2D eigenvalue weighted by molar-refractivity contribution is 0.159. The molecule has 0 radical (unpaired) electrons. The molecule has 0 aromatic heterocycles. The maximum atomic E-state index is 14.7. The second-order valence-electron chi connectivity index (χ2n) is 6.10. The lowest BCUT2D eigenvalue weighted by Crippen LogP contribution is -2.45. The monoisotopic (exact) mass is 372 g/mol. The van der Waals surface area contributed by atoms with Gasteiger partial charge in [-0.3, -0.25) is 4.90 Å². The van der Waals surface area contributed by atoms with Crippen molar-refractivity contribution in [1.82, 2.24) is 10.2 Å². The second-order valence-corrected chi connectivity index (χ2v) is 6.10. The third kappa shape index (κ3) is 5.87. The van der Waals surface area contributed by atoms with Gasteiger partial charge in [0.25, 0.3) is 0 Å². The molecule has 2 rings (SSSR count). The van der Waals surface area contributed by atoms with Crippen LogP contribution in [0.4, 0.5) is 4.39 Å². The quantitative estimate of drug-likeness (QED) is 0.525. The third-order valence-corrected chi connectivity index (χ3v) is 4.59. The lowest BCUT2D eigenvalue weighted by Gasteiger charge is -2.35. The average molecular weight is 373 g/mol. The van der Waals surface area contributed by atoms with Crippen molar-refractivity contribution in [1.29, 1.82) is 0 Å². The van der Waals surface area contributed by atoms with E-state index in [1.54, 1.807) is 13.2 Å². The number of nitrogens with one attached hydrogen (secondary N) is 1. The molecule has 1 aliphatic rings. The van der Waals surface area contributed by atoms with E-state index in [2.05, 4.69) is 16.8 Å². The van der Waals surface area contributed by atoms with Crippen LogP contribution in [-0.4, -0.2) is 45.3 Å². The van der Waals surface area contributed by atoms with E-state index in [1.807, 2.05) is 6.08 Å². The molecule has 142 valence electrons. The minimum absolute atomic E-state index is 0. The molecule has 4 nitrogen and oxygen atoms in total. The van der Waals surface area contributed by atoms with Gasteiger partial charge in [0, 0.05) is 43.9 Å². The van der Waals surface area contributed by atoms with Crippen LogP contribution in [0.15, 0.2) is 24.8 Å². The molecule has 1 N–H and O–H groups in total. The molecule has 0 unspecified atom stereocenters. The van der Waals surface area contributed by atoms with E-state index < -0.39 is 0 Å². The smallest absolute Gasteiger partial charge is 0.163 e. The van der Waals surface area contributed by atoms with Crippen molar-refractivity contribution < 1.29 is 13.9 Å². The fraction of sp³-hybridized carbons (Fsp3) is 0.579. The molecule has 6 heteroatoms. The van der Waals surface area contributed by atoms with Crippen molar-refractivity contribution in [3.05, 3.63) is 36.2 Å². The molecule has 1 aromatic rings. The minimum Gasteiger partial charge on any atom is -0.493 e. The number of benzene rings is 1. The first-order valence-corrected chi connectivity index (χ1v) is 8.68. The Balaban J connectivity index is 0.00000312. The van der Waals surface area contributed by atoms with E-state index in [-0.39, 0.29) is 24.3 Å². The Kier molecular flexibility index (Phi) is 9.86. The fourth-order valence-electron chi connectivity index (χ4n) is 3.28. The molecule has 1 atom stereocenters. The van der Waals surface area contributed by atoms with Crippen LogP contribution in [-0.2, 0) is 0 Å². The standard InChI is InChI=1S/C19H29FN2O2.ClH/c1-4-5-6-7-8-17(22-11-9-21-10-12-22)15-13-18(23-2)19(24-3)14-16(15)20;/h4,13-14,17,21H,1,5-12H2,2-3H3;1H/t17-;/m0./s1. The molecule has 1 heterocycles. The van der Waals surface area contributed by atoms with Crippen LogP contribution in [0, 0.1) is 5.82 Å². The summed E-state index contributed by atoms with van der Waals surface area (Å²) in [5.74, 6) is 0.796. The number of methoxy groups -OCH3 is 2. The third-order valence-electron chi connectivity index (χ3n) is 4.59. The fourth-order valence-corrected chi connectivity index (χ4v) is 3.28. The number of halogens is 2. The number of hydrogen-bond acceptors (Lipinski definition) is 4. The zero-order valence-electron chi connectivity index (χ0n) is 15.2. The average Bonchev–Trinajstić information content (AvgIpc) is 2.63. The molecule has 0 saturated carbocycles. The first-order valence-electron chi connectivity index (χ1n) is 8.68. The highest BCUT2D eigenvalue weighted by Crippen LogP contribution is 2.36. The summed E-state index contributed by atoms with van der Waals surface area (Å²) in [5.41, 5.74) is 0.702. The zero-order valence-corrected chi connectivity index (χ0v) is 16.0. The van der Waals surface area contributed by atoms with E-state index in [4.69, 9.17) is 9.47 Å². The maximum Gasteiger partial charge on any atom is 0.163 e. The Bertz CT molecular complexity index is 536. The Hall–Kier alpha value is -1.30. The van der Waals surface area contributed by atoms with Gasteiger partial charge in [-0.05, 0) is 25.3 Å². The first-order chi connectivity index (χ1) is 11.7. The van der Waals surface area contributed by atoms with E-state index in [9.17, 15) is 4.39 Å². The maximum absolute atomic E-state index is 14.7. The number of allylic oxidation sites excluding steroid dienone is 1. The Morgan fingerprint density at radius 3 is 2.44 bits per heavy atom. The summed E-state index contributed by atoms with van der Waals surface area (Å²) < 4.78 is 25.3. The van der Waals surface area contributed by atoms with Crippen molar-refractivity contribution in [2.75, 3.05) is 40.4 Å². The normalized spacial score (nSPS) is 16.0. The molecule has 1 aliphatic heterocycles. The summed E-state index contributed by atoms with van der Waals surface area (Å²) in [6, 6.07) is 3.30. The van der Waals surface area contributed by atoms with E-state index in [0.717, 1.165) is 51.9 Å². The number of piperazine rings is 1. The molecule has 0 aliphatic carbocycles. The predicted molar refractivity (Wildman–Crippen MR) is 103 cm³/mol. The summed E-state index contributed by atoms with van der Waals surface area (Å²) in [5, 5.41) is 3.36. The number of nitrogens with zero attached hydrogens (tertiary/aromatic N) is 1. The van der Waals surface area contributed by atoms with Gasteiger partial charge in [0.15, 0.2) is 11.5 Å². The summed E-state index contributed by atoms with van der Waals surface area (Å²) in [7, 11) is 3.11. The summed E-state index contributed by atoms with van der Waals surface area (Å²) >= 11 is 0. The highest BCUT2D eigenvalue weighted by atomic mass is 35.5. The molecule has 0 bridgehead atoms. The van der Waals surface area contributed by atoms with Crippen molar-refractivity contribution in [2.45, 2.75) is 31.7 Å². The van der Waals surface area contributed by atoms with Gasteiger partial charge in [0.05, 0.1) is 14.2 Å².